The number of rotatable bonds is 6. The van der Waals surface area contributed by atoms with Gasteiger partial charge in [0.05, 0.1) is 12.8 Å². The third-order valence-corrected chi connectivity index (χ3v) is 7.03. The van der Waals surface area contributed by atoms with Gasteiger partial charge in [0.2, 0.25) is 0 Å². The lowest BCUT2D eigenvalue weighted by atomic mass is 10.1. The molecule has 2 heterocycles. The van der Waals surface area contributed by atoms with E-state index in [2.05, 4.69) is 27.4 Å². The van der Waals surface area contributed by atoms with Crippen molar-refractivity contribution in [2.45, 2.75) is 27.2 Å². The minimum absolute atomic E-state index is 0.151. The number of carbonyl (C=O) groups excluding carboxylic acids is 2. The number of hydrogen-bond acceptors (Lipinski definition) is 4. The van der Waals surface area contributed by atoms with Gasteiger partial charge in [0.15, 0.2) is 5.11 Å². The molecule has 35 heavy (non-hydrogen) atoms. The van der Waals surface area contributed by atoms with E-state index in [1.807, 2.05) is 68.4 Å². The summed E-state index contributed by atoms with van der Waals surface area (Å²) in [6.45, 7) is 5.95. The molecule has 0 spiro atoms. The standard InChI is InChI=1S/C27H26BrN3O3S/c1-5-19-6-10-23(11-7-19)31-26(33)24(29(27(31)35)16-25(32)34-4)15-20-14-17(2)30(18(20)3)22-12-8-21(28)9-13-22/h6-15H,5,16H2,1-4H3/b24-15-. The van der Waals surface area contributed by atoms with Gasteiger partial charge in [-0.15, -0.1) is 0 Å². The quantitative estimate of drug-likeness (QED) is 0.228. The highest BCUT2D eigenvalue weighted by atomic mass is 79.9. The van der Waals surface area contributed by atoms with Crippen molar-refractivity contribution in [3.63, 3.8) is 0 Å². The minimum atomic E-state index is -0.477. The van der Waals surface area contributed by atoms with Crippen LogP contribution in [0.4, 0.5) is 5.69 Å². The number of halogens is 1. The Kier molecular flexibility index (Phi) is 7.23. The normalized spacial score (nSPS) is 14.8. The molecule has 6 nitrogen and oxygen atoms in total. The van der Waals surface area contributed by atoms with Gasteiger partial charge in [0.25, 0.3) is 5.91 Å². The zero-order chi connectivity index (χ0) is 25.3. The predicted molar refractivity (Wildman–Crippen MR) is 146 cm³/mol. The largest absolute Gasteiger partial charge is 0.468 e. The molecule has 0 atom stereocenters. The van der Waals surface area contributed by atoms with E-state index < -0.39 is 5.97 Å². The van der Waals surface area contributed by atoms with Crippen molar-refractivity contribution in [3.05, 3.63) is 87.3 Å². The first-order chi connectivity index (χ1) is 16.7. The number of benzene rings is 2. The Labute approximate surface area is 218 Å². The Morgan fingerprint density at radius 3 is 2.29 bits per heavy atom. The van der Waals surface area contributed by atoms with Crippen molar-refractivity contribution < 1.29 is 14.3 Å². The summed E-state index contributed by atoms with van der Waals surface area (Å²) in [4.78, 5) is 28.8. The van der Waals surface area contributed by atoms with Crippen molar-refractivity contribution in [3.8, 4) is 5.69 Å². The highest BCUT2D eigenvalue weighted by Crippen LogP contribution is 2.31. The molecule has 1 aliphatic heterocycles. The second-order valence-electron chi connectivity index (χ2n) is 8.27. The van der Waals surface area contributed by atoms with E-state index in [9.17, 15) is 9.59 Å². The molecule has 4 rings (SSSR count). The maximum atomic E-state index is 13.6. The topological polar surface area (TPSA) is 54.8 Å². The first-order valence-electron chi connectivity index (χ1n) is 11.2. The number of nitrogens with zero attached hydrogens (tertiary/aromatic N) is 3. The zero-order valence-electron chi connectivity index (χ0n) is 20.0. The average molecular weight is 552 g/mol. The minimum Gasteiger partial charge on any atom is -0.468 e. The van der Waals surface area contributed by atoms with Gasteiger partial charge < -0.3 is 14.2 Å². The number of methoxy groups -OCH3 is 1. The monoisotopic (exact) mass is 551 g/mol. The van der Waals surface area contributed by atoms with Gasteiger partial charge in [-0.05, 0) is 92.2 Å². The first-order valence-corrected chi connectivity index (χ1v) is 12.4. The molecule has 3 aromatic rings. The number of hydrogen-bond donors (Lipinski definition) is 0. The Hall–Kier alpha value is -3.23. The Bertz CT molecular complexity index is 1330. The predicted octanol–water partition coefficient (Wildman–Crippen LogP) is 5.57. The van der Waals surface area contributed by atoms with Gasteiger partial charge in [-0.25, -0.2) is 0 Å². The van der Waals surface area contributed by atoms with Crippen LogP contribution in [0.3, 0.4) is 0 Å². The molecular weight excluding hydrogens is 526 g/mol. The van der Waals surface area contributed by atoms with Gasteiger partial charge in [-0.1, -0.05) is 35.0 Å². The first kappa shape index (κ1) is 24.9. The molecule has 0 aliphatic carbocycles. The maximum absolute atomic E-state index is 13.6. The molecule has 0 bridgehead atoms. The summed E-state index contributed by atoms with van der Waals surface area (Å²) in [6, 6.07) is 17.8. The fraction of sp³-hybridized carbons (Fsp3) is 0.222. The third kappa shape index (κ3) is 4.81. The van der Waals surface area contributed by atoms with Crippen LogP contribution in [0.15, 0.2) is 64.8 Å². The van der Waals surface area contributed by atoms with Gasteiger partial charge in [-0.3, -0.25) is 14.5 Å². The summed E-state index contributed by atoms with van der Waals surface area (Å²) in [6.07, 6.45) is 2.70. The van der Waals surface area contributed by atoms with Crippen molar-refractivity contribution in [1.82, 2.24) is 9.47 Å². The van der Waals surface area contributed by atoms with Crippen LogP contribution in [-0.2, 0) is 20.7 Å². The number of thiocarbonyl (C=S) groups is 1. The molecule has 0 saturated carbocycles. The van der Waals surface area contributed by atoms with Crippen LogP contribution < -0.4 is 4.90 Å². The van der Waals surface area contributed by atoms with Crippen LogP contribution in [0.1, 0.15) is 29.4 Å². The molecule has 2 aromatic carbocycles. The van der Waals surface area contributed by atoms with Crippen LogP contribution in [-0.4, -0.2) is 40.1 Å². The summed E-state index contributed by atoms with van der Waals surface area (Å²) in [7, 11) is 1.32. The lowest BCUT2D eigenvalue weighted by Crippen LogP contribution is -2.35. The van der Waals surface area contributed by atoms with Crippen molar-refractivity contribution in [1.29, 1.82) is 0 Å². The molecule has 8 heteroatoms. The number of anilines is 1. The summed E-state index contributed by atoms with van der Waals surface area (Å²) in [5.74, 6) is -0.758. The Morgan fingerprint density at radius 2 is 1.69 bits per heavy atom. The van der Waals surface area contributed by atoms with Gasteiger partial charge >= 0.3 is 5.97 Å². The highest BCUT2D eigenvalue weighted by molar-refractivity contribution is 9.10. The molecule has 180 valence electrons. The number of amides is 1. The van der Waals surface area contributed by atoms with Crippen LogP contribution in [0.5, 0.6) is 0 Å². The van der Waals surface area contributed by atoms with E-state index in [1.165, 1.54) is 12.0 Å². The Morgan fingerprint density at radius 1 is 1.06 bits per heavy atom. The van der Waals surface area contributed by atoms with Crippen LogP contribution >= 0.6 is 28.1 Å². The Balaban J connectivity index is 1.78. The maximum Gasteiger partial charge on any atom is 0.325 e. The highest BCUT2D eigenvalue weighted by Gasteiger charge is 2.40. The van der Waals surface area contributed by atoms with Crippen LogP contribution in [0.2, 0.25) is 0 Å². The number of carbonyl (C=O) groups is 2. The van der Waals surface area contributed by atoms with Gasteiger partial charge in [-0.2, -0.15) is 0 Å². The number of ether oxygens (including phenoxy) is 1. The molecule has 0 N–H and O–H groups in total. The molecule has 1 fully saturated rings. The smallest absolute Gasteiger partial charge is 0.325 e. The van der Waals surface area contributed by atoms with Gasteiger partial charge in [0.1, 0.15) is 12.2 Å². The molecule has 0 unspecified atom stereocenters. The van der Waals surface area contributed by atoms with Gasteiger partial charge in [0, 0.05) is 21.5 Å². The SMILES string of the molecule is CCc1ccc(N2C(=O)/C(=C/c3cc(C)n(-c4ccc(Br)cc4)c3C)N(CC(=O)OC)C2=S)cc1. The van der Waals surface area contributed by atoms with E-state index in [0.717, 1.165) is 39.1 Å². The molecule has 1 saturated heterocycles. The van der Waals surface area contributed by atoms with Crippen LogP contribution in [0.25, 0.3) is 11.8 Å². The van der Waals surface area contributed by atoms with E-state index in [-0.39, 0.29) is 17.6 Å². The van der Waals surface area contributed by atoms with E-state index in [4.69, 9.17) is 17.0 Å². The second-order valence-corrected chi connectivity index (χ2v) is 9.55. The molecule has 1 amide bonds. The summed E-state index contributed by atoms with van der Waals surface area (Å²) in [5.41, 5.74) is 6.04. The van der Waals surface area contributed by atoms with E-state index in [0.29, 0.717) is 11.4 Å². The van der Waals surface area contributed by atoms with Crippen molar-refractivity contribution >= 4 is 56.9 Å². The summed E-state index contributed by atoms with van der Waals surface area (Å²) < 4.78 is 8.00. The molecule has 0 radical (unpaired) electrons. The lowest BCUT2D eigenvalue weighted by molar-refractivity contribution is -0.140. The number of aryl methyl sites for hydroxylation is 2. The van der Waals surface area contributed by atoms with Crippen molar-refractivity contribution in [2.75, 3.05) is 18.6 Å². The number of esters is 1. The summed E-state index contributed by atoms with van der Waals surface area (Å²) >= 11 is 9.15. The van der Waals surface area contributed by atoms with Crippen molar-refractivity contribution in [2.24, 2.45) is 0 Å². The summed E-state index contributed by atoms with van der Waals surface area (Å²) in [5, 5.41) is 0.248. The second kappa shape index (κ2) is 10.2. The molecular formula is C27H26BrN3O3S. The fourth-order valence-electron chi connectivity index (χ4n) is 4.20. The zero-order valence-corrected chi connectivity index (χ0v) is 22.4. The van der Waals surface area contributed by atoms with Crippen LogP contribution in [0, 0.1) is 13.8 Å². The molecule has 1 aromatic heterocycles. The molecule has 1 aliphatic rings. The van der Waals surface area contributed by atoms with E-state index >= 15 is 0 Å². The fourth-order valence-corrected chi connectivity index (χ4v) is 4.82. The average Bonchev–Trinajstić information content (AvgIpc) is 3.26. The third-order valence-electron chi connectivity index (χ3n) is 6.10. The van der Waals surface area contributed by atoms with E-state index in [1.54, 1.807) is 11.0 Å². The number of aromatic nitrogens is 1. The lowest BCUT2D eigenvalue weighted by Gasteiger charge is -2.19.